The molecule has 4 rings (SSSR count). The van der Waals surface area contributed by atoms with Crippen LogP contribution in [-0.2, 0) is 0 Å². The zero-order valence-corrected chi connectivity index (χ0v) is 14.7. The van der Waals surface area contributed by atoms with Crippen molar-refractivity contribution < 1.29 is 0 Å². The lowest BCUT2D eigenvalue weighted by molar-refractivity contribution is 1.37. The minimum absolute atomic E-state index is 0.547. The van der Waals surface area contributed by atoms with Gasteiger partial charge in [0.25, 0.3) is 0 Å². The van der Waals surface area contributed by atoms with Crippen molar-refractivity contribution in [1.82, 2.24) is 0 Å². The normalized spacial score (nSPS) is 15.2. The fourth-order valence-electron chi connectivity index (χ4n) is 2.64. The van der Waals surface area contributed by atoms with Crippen LogP contribution in [0.25, 0.3) is 0 Å². The van der Waals surface area contributed by atoms with Gasteiger partial charge in [-0.2, -0.15) is 4.99 Å². The molecule has 126 valence electrons. The van der Waals surface area contributed by atoms with Gasteiger partial charge in [0.2, 0.25) is 5.96 Å². The molecule has 0 bridgehead atoms. The standard InChI is InChI=1S/C21H16N4S/c26-20-19(22-16-10-4-1-5-11-16)24-21(23-17-12-6-2-7-13-17)25(20)18-14-8-3-9-15-18/h1-15H,(H,22,23,24). The first-order valence-corrected chi connectivity index (χ1v) is 8.66. The van der Waals surface area contributed by atoms with E-state index in [1.807, 2.05) is 95.9 Å². The number of amidine groups is 1. The van der Waals surface area contributed by atoms with Crippen LogP contribution in [0.1, 0.15) is 0 Å². The molecule has 1 heterocycles. The Labute approximate surface area is 157 Å². The summed E-state index contributed by atoms with van der Waals surface area (Å²) in [6.45, 7) is 0. The van der Waals surface area contributed by atoms with E-state index < -0.39 is 0 Å². The first kappa shape index (κ1) is 16.2. The number of rotatable bonds is 3. The maximum Gasteiger partial charge on any atom is 0.238 e. The van der Waals surface area contributed by atoms with Gasteiger partial charge in [-0.1, -0.05) is 66.8 Å². The molecule has 0 atom stereocenters. The third kappa shape index (κ3) is 3.38. The maximum absolute atomic E-state index is 5.69. The predicted molar refractivity (Wildman–Crippen MR) is 113 cm³/mol. The Hall–Kier alpha value is -3.31. The number of hydrogen-bond acceptors (Lipinski definition) is 3. The van der Waals surface area contributed by atoms with E-state index in [4.69, 9.17) is 12.2 Å². The van der Waals surface area contributed by atoms with Crippen LogP contribution in [0.4, 0.5) is 17.1 Å². The topological polar surface area (TPSA) is 40.0 Å². The number of para-hydroxylation sites is 3. The lowest BCUT2D eigenvalue weighted by atomic mass is 10.3. The molecule has 1 N–H and O–H groups in total. The van der Waals surface area contributed by atoms with E-state index in [1.165, 1.54) is 0 Å². The average molecular weight is 356 g/mol. The van der Waals surface area contributed by atoms with Crippen LogP contribution >= 0.6 is 12.2 Å². The minimum atomic E-state index is 0.547. The summed E-state index contributed by atoms with van der Waals surface area (Å²) in [6, 6.07) is 29.5. The lowest BCUT2D eigenvalue weighted by Crippen LogP contribution is -2.34. The van der Waals surface area contributed by atoms with E-state index in [1.54, 1.807) is 0 Å². The van der Waals surface area contributed by atoms with Crippen LogP contribution in [0.5, 0.6) is 0 Å². The number of aliphatic imine (C=N–C) groups is 2. The minimum Gasteiger partial charge on any atom is -0.338 e. The number of anilines is 2. The summed E-state index contributed by atoms with van der Waals surface area (Å²) >= 11 is 5.69. The second-order valence-electron chi connectivity index (χ2n) is 5.67. The molecule has 26 heavy (non-hydrogen) atoms. The van der Waals surface area contributed by atoms with Crippen LogP contribution in [0.3, 0.4) is 0 Å². The summed E-state index contributed by atoms with van der Waals surface area (Å²) in [5.41, 5.74) is 2.69. The molecule has 0 aromatic heterocycles. The van der Waals surface area contributed by atoms with E-state index in [0.717, 1.165) is 17.1 Å². The Bertz CT molecular complexity index is 967. The molecule has 0 spiro atoms. The van der Waals surface area contributed by atoms with Crippen molar-refractivity contribution in [2.75, 3.05) is 10.2 Å². The van der Waals surface area contributed by atoms with Gasteiger partial charge in [-0.25, -0.2) is 4.99 Å². The molecule has 5 heteroatoms. The first-order chi connectivity index (χ1) is 12.8. The molecule has 0 saturated heterocycles. The monoisotopic (exact) mass is 356 g/mol. The summed E-state index contributed by atoms with van der Waals surface area (Å²) in [4.78, 5) is 11.8. The molecular weight excluding hydrogens is 340 g/mol. The molecule has 3 aromatic rings. The van der Waals surface area contributed by atoms with Crippen molar-refractivity contribution in [1.29, 1.82) is 0 Å². The van der Waals surface area contributed by atoms with Crippen LogP contribution < -0.4 is 10.2 Å². The van der Waals surface area contributed by atoms with Crippen molar-refractivity contribution in [3.8, 4) is 0 Å². The van der Waals surface area contributed by atoms with Crippen LogP contribution in [0, 0.1) is 0 Å². The number of thiocarbonyl (C=S) groups is 1. The molecule has 1 aliphatic rings. The Balaban J connectivity index is 1.73. The smallest absolute Gasteiger partial charge is 0.238 e. The number of nitrogens with one attached hydrogen (secondary N) is 1. The van der Waals surface area contributed by atoms with Gasteiger partial charge in [-0.3, -0.25) is 4.90 Å². The Kier molecular flexibility index (Phi) is 4.53. The fraction of sp³-hybridized carbons (Fsp3) is 0. The SMILES string of the molecule is S=C1C(Nc2ccccc2)=N/C(=N/c2ccccc2)N1c1ccccc1. The molecule has 1 aliphatic heterocycles. The molecule has 0 saturated carbocycles. The Morgan fingerprint density at radius 2 is 1.35 bits per heavy atom. The zero-order chi connectivity index (χ0) is 17.8. The summed E-state index contributed by atoms with van der Waals surface area (Å²) in [7, 11) is 0. The van der Waals surface area contributed by atoms with Crippen molar-refractivity contribution >= 4 is 46.1 Å². The van der Waals surface area contributed by atoms with Crippen LogP contribution in [0.2, 0.25) is 0 Å². The van der Waals surface area contributed by atoms with Gasteiger partial charge in [0, 0.05) is 5.69 Å². The van der Waals surface area contributed by atoms with Crippen molar-refractivity contribution in [2.24, 2.45) is 9.98 Å². The summed E-state index contributed by atoms with van der Waals surface area (Å²) in [5.74, 6) is 1.16. The number of nitrogens with zero attached hydrogens (tertiary/aromatic N) is 3. The first-order valence-electron chi connectivity index (χ1n) is 8.25. The number of hydrogen-bond donors (Lipinski definition) is 1. The van der Waals surface area contributed by atoms with E-state index in [9.17, 15) is 0 Å². The molecule has 3 aromatic carbocycles. The van der Waals surface area contributed by atoms with Gasteiger partial charge in [0.1, 0.15) is 0 Å². The lowest BCUT2D eigenvalue weighted by Gasteiger charge is -2.18. The Morgan fingerprint density at radius 1 is 0.769 bits per heavy atom. The van der Waals surface area contributed by atoms with Crippen LogP contribution in [0.15, 0.2) is 101 Å². The highest BCUT2D eigenvalue weighted by molar-refractivity contribution is 7.82. The van der Waals surface area contributed by atoms with Crippen molar-refractivity contribution in [3.05, 3.63) is 91.0 Å². The van der Waals surface area contributed by atoms with E-state index >= 15 is 0 Å². The van der Waals surface area contributed by atoms with Gasteiger partial charge in [0.15, 0.2) is 10.8 Å². The fourth-order valence-corrected chi connectivity index (χ4v) is 2.92. The van der Waals surface area contributed by atoms with Gasteiger partial charge in [-0.15, -0.1) is 0 Å². The van der Waals surface area contributed by atoms with Gasteiger partial charge < -0.3 is 5.32 Å². The highest BCUT2D eigenvalue weighted by atomic mass is 32.1. The van der Waals surface area contributed by atoms with Crippen molar-refractivity contribution in [2.45, 2.75) is 0 Å². The molecule has 0 aliphatic carbocycles. The largest absolute Gasteiger partial charge is 0.338 e. The van der Waals surface area contributed by atoms with E-state index in [-0.39, 0.29) is 0 Å². The molecule has 0 radical (unpaired) electrons. The second-order valence-corrected chi connectivity index (χ2v) is 6.06. The molecule has 0 fully saturated rings. The summed E-state index contributed by atoms with van der Waals surface area (Å²) in [5, 5.41) is 3.29. The third-order valence-corrected chi connectivity index (χ3v) is 4.23. The van der Waals surface area contributed by atoms with Crippen LogP contribution in [-0.4, -0.2) is 16.8 Å². The van der Waals surface area contributed by atoms with Gasteiger partial charge in [-0.05, 0) is 36.4 Å². The quantitative estimate of drug-likeness (QED) is 0.669. The molecule has 0 unspecified atom stereocenters. The summed E-state index contributed by atoms with van der Waals surface area (Å²) in [6.07, 6.45) is 0. The van der Waals surface area contributed by atoms with Gasteiger partial charge >= 0.3 is 0 Å². The van der Waals surface area contributed by atoms with Crippen molar-refractivity contribution in [3.63, 3.8) is 0 Å². The molecular formula is C21H16N4S. The third-order valence-electron chi connectivity index (χ3n) is 3.85. The number of guanidine groups is 1. The van der Waals surface area contributed by atoms with Gasteiger partial charge in [0.05, 0.1) is 11.4 Å². The molecule has 0 amide bonds. The Morgan fingerprint density at radius 3 is 2.00 bits per heavy atom. The summed E-state index contributed by atoms with van der Waals surface area (Å²) < 4.78 is 0. The predicted octanol–water partition coefficient (Wildman–Crippen LogP) is 5.03. The molecule has 4 nitrogen and oxygen atoms in total. The van der Waals surface area contributed by atoms with E-state index in [2.05, 4.69) is 15.3 Å². The second kappa shape index (κ2) is 7.29. The highest BCUT2D eigenvalue weighted by Crippen LogP contribution is 2.23. The van der Waals surface area contributed by atoms with E-state index in [0.29, 0.717) is 16.8 Å². The number of benzene rings is 3. The zero-order valence-electron chi connectivity index (χ0n) is 13.9. The highest BCUT2D eigenvalue weighted by Gasteiger charge is 2.29. The maximum atomic E-state index is 5.69. The average Bonchev–Trinajstić information content (AvgIpc) is 2.99.